The minimum atomic E-state index is -0.390. The third-order valence-corrected chi connectivity index (χ3v) is 3.74. The summed E-state index contributed by atoms with van der Waals surface area (Å²) in [6, 6.07) is 23.2. The summed E-state index contributed by atoms with van der Waals surface area (Å²) >= 11 is 0. The Kier molecular flexibility index (Phi) is 4.90. The van der Waals surface area contributed by atoms with Crippen molar-refractivity contribution >= 4 is 23.2 Å². The van der Waals surface area contributed by atoms with Crippen molar-refractivity contribution in [2.75, 3.05) is 10.6 Å². The zero-order valence-electron chi connectivity index (χ0n) is 13.8. The summed E-state index contributed by atoms with van der Waals surface area (Å²) in [6.45, 7) is 1.91. The standard InChI is InChI=1S/C21H18N2O2/c1-15-12-13-18(20(24)16-8-4-2-5-9-16)19(14-15)23-21(25)22-17-10-6-3-7-11-17/h2-14H,1H3,(H2,22,23,25). The van der Waals surface area contributed by atoms with Crippen LogP contribution in [0.1, 0.15) is 21.5 Å². The van der Waals surface area contributed by atoms with Gasteiger partial charge in [-0.15, -0.1) is 0 Å². The third-order valence-electron chi connectivity index (χ3n) is 3.74. The maximum absolute atomic E-state index is 12.7. The third kappa shape index (κ3) is 4.12. The number of ketones is 1. The van der Waals surface area contributed by atoms with Gasteiger partial charge >= 0.3 is 6.03 Å². The summed E-state index contributed by atoms with van der Waals surface area (Å²) < 4.78 is 0. The van der Waals surface area contributed by atoms with Crippen molar-refractivity contribution in [1.82, 2.24) is 0 Å². The van der Waals surface area contributed by atoms with E-state index in [9.17, 15) is 9.59 Å². The van der Waals surface area contributed by atoms with Crippen LogP contribution in [-0.2, 0) is 0 Å². The van der Waals surface area contributed by atoms with Crippen LogP contribution in [0.2, 0.25) is 0 Å². The molecule has 0 aliphatic carbocycles. The minimum absolute atomic E-state index is 0.129. The topological polar surface area (TPSA) is 58.2 Å². The predicted octanol–water partition coefficient (Wildman–Crippen LogP) is 4.87. The summed E-state index contributed by atoms with van der Waals surface area (Å²) in [5.41, 5.74) is 3.17. The molecular formula is C21H18N2O2. The van der Waals surface area contributed by atoms with Crippen LogP contribution in [0.25, 0.3) is 0 Å². The molecule has 124 valence electrons. The summed E-state index contributed by atoms with van der Waals surface area (Å²) in [4.78, 5) is 25.0. The lowest BCUT2D eigenvalue weighted by Gasteiger charge is -2.12. The van der Waals surface area contributed by atoms with Gasteiger partial charge in [0.1, 0.15) is 0 Å². The van der Waals surface area contributed by atoms with Crippen molar-refractivity contribution in [3.05, 3.63) is 95.6 Å². The number of rotatable bonds is 4. The van der Waals surface area contributed by atoms with Gasteiger partial charge in [-0.3, -0.25) is 4.79 Å². The maximum Gasteiger partial charge on any atom is 0.323 e. The van der Waals surface area contributed by atoms with Crippen LogP contribution in [0.15, 0.2) is 78.9 Å². The van der Waals surface area contributed by atoms with Crippen LogP contribution in [0.5, 0.6) is 0 Å². The molecule has 0 atom stereocenters. The van der Waals surface area contributed by atoms with E-state index >= 15 is 0 Å². The highest BCUT2D eigenvalue weighted by Gasteiger charge is 2.15. The number of hydrogen-bond acceptors (Lipinski definition) is 2. The van der Waals surface area contributed by atoms with E-state index in [-0.39, 0.29) is 11.8 Å². The number of urea groups is 1. The Morgan fingerprint density at radius 3 is 2.08 bits per heavy atom. The number of hydrogen-bond donors (Lipinski definition) is 2. The Labute approximate surface area is 146 Å². The molecule has 3 aromatic carbocycles. The summed E-state index contributed by atoms with van der Waals surface area (Å²) in [6.07, 6.45) is 0. The number of nitrogens with one attached hydrogen (secondary N) is 2. The molecule has 0 bridgehead atoms. The molecule has 0 saturated heterocycles. The Morgan fingerprint density at radius 1 is 0.760 bits per heavy atom. The molecule has 4 heteroatoms. The smallest absolute Gasteiger partial charge is 0.308 e. The van der Waals surface area contributed by atoms with Crippen LogP contribution in [0.3, 0.4) is 0 Å². The fourth-order valence-electron chi connectivity index (χ4n) is 2.51. The van der Waals surface area contributed by atoms with Crippen molar-refractivity contribution in [2.24, 2.45) is 0 Å². The molecule has 0 unspecified atom stereocenters. The second-order valence-electron chi connectivity index (χ2n) is 5.69. The fourth-order valence-corrected chi connectivity index (χ4v) is 2.51. The second kappa shape index (κ2) is 7.45. The van der Waals surface area contributed by atoms with Crippen LogP contribution >= 0.6 is 0 Å². The normalized spacial score (nSPS) is 10.1. The zero-order valence-corrected chi connectivity index (χ0v) is 13.8. The molecule has 25 heavy (non-hydrogen) atoms. The Hall–Kier alpha value is -3.40. The monoisotopic (exact) mass is 330 g/mol. The first-order valence-electron chi connectivity index (χ1n) is 7.97. The molecule has 0 saturated carbocycles. The summed E-state index contributed by atoms with van der Waals surface area (Å²) in [7, 11) is 0. The first-order valence-corrected chi connectivity index (χ1v) is 7.97. The largest absolute Gasteiger partial charge is 0.323 e. The van der Waals surface area contributed by atoms with Crippen molar-refractivity contribution in [3.8, 4) is 0 Å². The van der Waals surface area contributed by atoms with Crippen LogP contribution in [0, 0.1) is 6.92 Å². The first-order chi connectivity index (χ1) is 12.1. The fraction of sp³-hybridized carbons (Fsp3) is 0.0476. The lowest BCUT2D eigenvalue weighted by Crippen LogP contribution is -2.21. The van der Waals surface area contributed by atoms with Crippen LogP contribution < -0.4 is 10.6 Å². The van der Waals surface area contributed by atoms with Crippen molar-refractivity contribution in [3.63, 3.8) is 0 Å². The van der Waals surface area contributed by atoms with Gasteiger partial charge in [0.05, 0.1) is 5.69 Å². The summed E-state index contributed by atoms with van der Waals surface area (Å²) in [5.74, 6) is -0.129. The van der Waals surface area contributed by atoms with Gasteiger partial charge in [-0.2, -0.15) is 0 Å². The van der Waals surface area contributed by atoms with E-state index in [0.717, 1.165) is 5.56 Å². The Morgan fingerprint density at radius 2 is 1.40 bits per heavy atom. The van der Waals surface area contributed by atoms with E-state index in [2.05, 4.69) is 10.6 Å². The van der Waals surface area contributed by atoms with Gasteiger partial charge in [0, 0.05) is 16.8 Å². The van der Waals surface area contributed by atoms with Gasteiger partial charge < -0.3 is 10.6 Å². The molecule has 3 rings (SSSR count). The molecule has 0 radical (unpaired) electrons. The van der Waals surface area contributed by atoms with Crippen molar-refractivity contribution in [1.29, 1.82) is 0 Å². The first kappa shape index (κ1) is 16.5. The number of aryl methyl sites for hydroxylation is 1. The molecule has 4 nitrogen and oxygen atoms in total. The molecule has 2 N–H and O–H groups in total. The SMILES string of the molecule is Cc1ccc(C(=O)c2ccccc2)c(NC(=O)Nc2ccccc2)c1. The van der Waals surface area contributed by atoms with Crippen LogP contribution in [-0.4, -0.2) is 11.8 Å². The van der Waals surface area contributed by atoms with E-state index in [1.165, 1.54) is 0 Å². The number of carbonyl (C=O) groups excluding carboxylic acids is 2. The maximum atomic E-state index is 12.7. The highest BCUT2D eigenvalue weighted by Crippen LogP contribution is 2.21. The molecule has 2 amide bonds. The number of benzene rings is 3. The molecule has 0 spiro atoms. The number of carbonyl (C=O) groups is 2. The van der Waals surface area contributed by atoms with E-state index < -0.39 is 0 Å². The molecule has 3 aromatic rings. The molecule has 0 aliphatic heterocycles. The average Bonchev–Trinajstić information content (AvgIpc) is 2.63. The Balaban J connectivity index is 1.84. The van der Waals surface area contributed by atoms with Gasteiger partial charge in [-0.05, 0) is 36.8 Å². The van der Waals surface area contributed by atoms with E-state index in [1.54, 1.807) is 36.4 Å². The Bertz CT molecular complexity index is 890. The van der Waals surface area contributed by atoms with Gasteiger partial charge in [0.25, 0.3) is 0 Å². The lowest BCUT2D eigenvalue weighted by atomic mass is 10.0. The average molecular weight is 330 g/mol. The highest BCUT2D eigenvalue weighted by atomic mass is 16.2. The van der Waals surface area contributed by atoms with Crippen molar-refractivity contribution in [2.45, 2.75) is 6.92 Å². The molecule has 0 aliphatic rings. The number of anilines is 2. The molecule has 0 aromatic heterocycles. The van der Waals surface area contributed by atoms with Gasteiger partial charge in [-0.25, -0.2) is 4.79 Å². The predicted molar refractivity (Wildman–Crippen MR) is 100 cm³/mol. The van der Waals surface area contributed by atoms with Gasteiger partial charge in [0.2, 0.25) is 0 Å². The number of amides is 2. The molecular weight excluding hydrogens is 312 g/mol. The van der Waals surface area contributed by atoms with E-state index in [4.69, 9.17) is 0 Å². The van der Waals surface area contributed by atoms with E-state index in [1.807, 2.05) is 49.4 Å². The highest BCUT2D eigenvalue weighted by molar-refractivity contribution is 6.14. The minimum Gasteiger partial charge on any atom is -0.308 e. The van der Waals surface area contributed by atoms with Crippen LogP contribution in [0.4, 0.5) is 16.2 Å². The molecule has 0 heterocycles. The van der Waals surface area contributed by atoms with E-state index in [0.29, 0.717) is 22.5 Å². The second-order valence-corrected chi connectivity index (χ2v) is 5.69. The summed E-state index contributed by atoms with van der Waals surface area (Å²) in [5, 5.41) is 5.53. The lowest BCUT2D eigenvalue weighted by molar-refractivity contribution is 0.103. The van der Waals surface area contributed by atoms with Gasteiger partial charge in [0.15, 0.2) is 5.78 Å². The van der Waals surface area contributed by atoms with Crippen molar-refractivity contribution < 1.29 is 9.59 Å². The number of para-hydroxylation sites is 1. The zero-order chi connectivity index (χ0) is 17.6. The molecule has 0 fully saturated rings. The quantitative estimate of drug-likeness (QED) is 0.671. The van der Waals surface area contributed by atoms with Gasteiger partial charge in [-0.1, -0.05) is 54.6 Å².